The highest BCUT2D eigenvalue weighted by atomic mass is 16.6. The Morgan fingerprint density at radius 1 is 1.33 bits per heavy atom. The summed E-state index contributed by atoms with van der Waals surface area (Å²) in [5.41, 5.74) is 0. The van der Waals surface area contributed by atoms with Crippen molar-refractivity contribution >= 4 is 5.97 Å². The second-order valence-electron chi connectivity index (χ2n) is 3.58. The van der Waals surface area contributed by atoms with Gasteiger partial charge in [-0.2, -0.15) is 0 Å². The van der Waals surface area contributed by atoms with Gasteiger partial charge in [-0.15, -0.1) is 0 Å². The first-order chi connectivity index (χ1) is 7.11. The first kappa shape index (κ1) is 14.4. The molecule has 15 heavy (non-hydrogen) atoms. The molecule has 0 aromatic carbocycles. The summed E-state index contributed by atoms with van der Waals surface area (Å²) in [6.45, 7) is 11.1. The van der Waals surface area contributed by atoms with Gasteiger partial charge in [0.25, 0.3) is 0 Å². The number of esters is 1. The Morgan fingerprint density at radius 3 is 2.47 bits per heavy atom. The van der Waals surface area contributed by atoms with E-state index in [9.17, 15) is 4.79 Å². The van der Waals surface area contributed by atoms with Crippen LogP contribution in [0.5, 0.6) is 0 Å². The number of likely N-dealkylation sites (N-methyl/N-ethyl adjacent to an activating group) is 1. The van der Waals surface area contributed by atoms with E-state index in [-0.39, 0.29) is 12.6 Å². The molecular formula is C11H23NO3. The summed E-state index contributed by atoms with van der Waals surface area (Å²) in [7, 11) is 0. The van der Waals surface area contributed by atoms with Crippen LogP contribution in [0.2, 0.25) is 0 Å². The van der Waals surface area contributed by atoms with E-state index in [4.69, 9.17) is 9.47 Å². The first-order valence-corrected chi connectivity index (χ1v) is 5.59. The lowest BCUT2D eigenvalue weighted by molar-refractivity contribution is -0.148. The van der Waals surface area contributed by atoms with E-state index in [0.29, 0.717) is 19.3 Å². The van der Waals surface area contributed by atoms with Crippen LogP contribution in [-0.2, 0) is 14.3 Å². The zero-order valence-corrected chi connectivity index (χ0v) is 10.3. The fraction of sp³-hybridized carbons (Fsp3) is 0.909. The van der Waals surface area contributed by atoms with Crippen LogP contribution in [0.3, 0.4) is 0 Å². The zero-order valence-electron chi connectivity index (χ0n) is 10.3. The number of carbonyl (C=O) groups excluding carboxylic acids is 1. The van der Waals surface area contributed by atoms with E-state index < -0.39 is 0 Å². The summed E-state index contributed by atoms with van der Waals surface area (Å²) in [6, 6.07) is 0.515. The Kier molecular flexibility index (Phi) is 8.33. The van der Waals surface area contributed by atoms with Crippen LogP contribution in [0.25, 0.3) is 0 Å². The lowest BCUT2D eigenvalue weighted by atomic mass is 10.3. The van der Waals surface area contributed by atoms with E-state index in [0.717, 1.165) is 13.1 Å². The zero-order chi connectivity index (χ0) is 11.7. The molecule has 0 aromatic rings. The fourth-order valence-electron chi connectivity index (χ4n) is 1.32. The molecule has 0 heterocycles. The highest BCUT2D eigenvalue weighted by Crippen LogP contribution is 1.96. The third kappa shape index (κ3) is 7.33. The summed E-state index contributed by atoms with van der Waals surface area (Å²) >= 11 is 0. The maximum atomic E-state index is 10.9. The maximum Gasteiger partial charge on any atom is 0.332 e. The number of hydrogen-bond acceptors (Lipinski definition) is 4. The van der Waals surface area contributed by atoms with Crippen LogP contribution in [0.4, 0.5) is 0 Å². The molecular weight excluding hydrogens is 194 g/mol. The predicted molar refractivity (Wildman–Crippen MR) is 59.8 cm³/mol. The number of hydrogen-bond donors (Lipinski definition) is 0. The Bertz CT molecular complexity index is 171. The van der Waals surface area contributed by atoms with Crippen LogP contribution in [0.15, 0.2) is 0 Å². The van der Waals surface area contributed by atoms with Gasteiger partial charge in [0, 0.05) is 12.6 Å². The van der Waals surface area contributed by atoms with E-state index >= 15 is 0 Å². The van der Waals surface area contributed by atoms with Crippen molar-refractivity contribution < 1.29 is 14.3 Å². The van der Waals surface area contributed by atoms with Crippen molar-refractivity contribution in [2.75, 3.05) is 32.9 Å². The van der Waals surface area contributed by atoms with Crippen molar-refractivity contribution in [3.63, 3.8) is 0 Å². The minimum atomic E-state index is -0.287. The molecule has 4 heteroatoms. The lowest BCUT2D eigenvalue weighted by Gasteiger charge is -2.24. The molecule has 0 saturated heterocycles. The predicted octanol–water partition coefficient (Wildman–Crippen LogP) is 1.30. The molecule has 0 amide bonds. The van der Waals surface area contributed by atoms with Crippen molar-refractivity contribution in [2.24, 2.45) is 0 Å². The van der Waals surface area contributed by atoms with Crippen LogP contribution < -0.4 is 0 Å². The first-order valence-electron chi connectivity index (χ1n) is 5.59. The van der Waals surface area contributed by atoms with Crippen LogP contribution in [0, 0.1) is 0 Å². The molecule has 0 fully saturated rings. The van der Waals surface area contributed by atoms with Gasteiger partial charge in [-0.1, -0.05) is 6.92 Å². The minimum absolute atomic E-state index is 0.0590. The van der Waals surface area contributed by atoms with Crippen molar-refractivity contribution in [2.45, 2.75) is 33.7 Å². The third-order valence-corrected chi connectivity index (χ3v) is 2.18. The van der Waals surface area contributed by atoms with Gasteiger partial charge in [0.05, 0.1) is 13.2 Å². The molecule has 0 radical (unpaired) electrons. The van der Waals surface area contributed by atoms with E-state index in [2.05, 4.69) is 25.7 Å². The molecule has 0 aliphatic carbocycles. The maximum absolute atomic E-state index is 10.9. The van der Waals surface area contributed by atoms with E-state index in [1.54, 1.807) is 6.92 Å². The second-order valence-corrected chi connectivity index (χ2v) is 3.58. The smallest absolute Gasteiger partial charge is 0.332 e. The topological polar surface area (TPSA) is 38.8 Å². The van der Waals surface area contributed by atoms with Crippen molar-refractivity contribution in [3.8, 4) is 0 Å². The van der Waals surface area contributed by atoms with Gasteiger partial charge in [0.15, 0.2) is 0 Å². The summed E-state index contributed by atoms with van der Waals surface area (Å²) < 4.78 is 9.96. The molecule has 0 rings (SSSR count). The van der Waals surface area contributed by atoms with Crippen molar-refractivity contribution in [1.82, 2.24) is 4.90 Å². The Labute approximate surface area is 92.5 Å². The average Bonchev–Trinajstić information content (AvgIpc) is 2.17. The minimum Gasteiger partial charge on any atom is -0.464 e. The van der Waals surface area contributed by atoms with Crippen LogP contribution in [-0.4, -0.2) is 49.8 Å². The molecule has 0 spiro atoms. The number of nitrogens with zero attached hydrogens (tertiary/aromatic N) is 1. The highest BCUT2D eigenvalue weighted by Gasteiger charge is 2.07. The molecule has 0 aliphatic heterocycles. The molecule has 0 saturated carbocycles. The summed E-state index contributed by atoms with van der Waals surface area (Å²) in [5, 5.41) is 0. The normalized spacial score (nSPS) is 11.1. The molecule has 0 aromatic heterocycles. The standard InChI is InChI=1S/C11H23NO3/c1-5-12(10(3)4)7-8-14-9-11(13)15-6-2/h10H,5-9H2,1-4H3. The summed E-state index contributed by atoms with van der Waals surface area (Å²) in [6.07, 6.45) is 0. The lowest BCUT2D eigenvalue weighted by Crippen LogP contribution is -2.34. The second kappa shape index (κ2) is 8.68. The molecule has 90 valence electrons. The molecule has 0 unspecified atom stereocenters. The molecule has 0 atom stereocenters. The largest absolute Gasteiger partial charge is 0.464 e. The molecule has 0 aliphatic rings. The Morgan fingerprint density at radius 2 is 2.00 bits per heavy atom. The monoisotopic (exact) mass is 217 g/mol. The number of rotatable bonds is 8. The summed E-state index contributed by atoms with van der Waals surface area (Å²) in [5.74, 6) is -0.287. The van der Waals surface area contributed by atoms with Gasteiger partial charge < -0.3 is 9.47 Å². The summed E-state index contributed by atoms with van der Waals surface area (Å²) in [4.78, 5) is 13.2. The van der Waals surface area contributed by atoms with Gasteiger partial charge in [-0.05, 0) is 27.3 Å². The van der Waals surface area contributed by atoms with Gasteiger partial charge in [-0.3, -0.25) is 4.90 Å². The Balaban J connectivity index is 3.48. The van der Waals surface area contributed by atoms with Gasteiger partial charge >= 0.3 is 5.97 Å². The molecule has 0 N–H and O–H groups in total. The van der Waals surface area contributed by atoms with Gasteiger partial charge in [-0.25, -0.2) is 4.79 Å². The SMILES string of the molecule is CCOC(=O)COCCN(CC)C(C)C. The van der Waals surface area contributed by atoms with Crippen LogP contribution in [0.1, 0.15) is 27.7 Å². The third-order valence-electron chi connectivity index (χ3n) is 2.18. The average molecular weight is 217 g/mol. The number of carbonyl (C=O) groups is 1. The van der Waals surface area contributed by atoms with Crippen LogP contribution >= 0.6 is 0 Å². The fourth-order valence-corrected chi connectivity index (χ4v) is 1.32. The van der Waals surface area contributed by atoms with E-state index in [1.165, 1.54) is 0 Å². The van der Waals surface area contributed by atoms with Gasteiger partial charge in [0.2, 0.25) is 0 Å². The van der Waals surface area contributed by atoms with Crippen molar-refractivity contribution in [3.05, 3.63) is 0 Å². The Hall–Kier alpha value is -0.610. The van der Waals surface area contributed by atoms with E-state index in [1.807, 2.05) is 0 Å². The number of ether oxygens (including phenoxy) is 2. The molecule has 0 bridgehead atoms. The quantitative estimate of drug-likeness (QED) is 0.454. The molecule has 4 nitrogen and oxygen atoms in total. The van der Waals surface area contributed by atoms with Gasteiger partial charge in [0.1, 0.15) is 6.61 Å². The van der Waals surface area contributed by atoms with Crippen molar-refractivity contribution in [1.29, 1.82) is 0 Å². The highest BCUT2D eigenvalue weighted by molar-refractivity contribution is 5.70.